The van der Waals surface area contributed by atoms with Crippen molar-refractivity contribution in [2.45, 2.75) is 44.6 Å². The first-order valence-electron chi connectivity index (χ1n) is 8.17. The van der Waals surface area contributed by atoms with E-state index in [-0.39, 0.29) is 46.8 Å². The second-order valence-corrected chi connectivity index (χ2v) is 8.14. The van der Waals surface area contributed by atoms with Crippen molar-refractivity contribution in [2.75, 3.05) is 0 Å². The molecule has 2 aliphatic carbocycles. The van der Waals surface area contributed by atoms with Crippen LogP contribution < -0.4 is 33.7 Å². The first-order valence-corrected chi connectivity index (χ1v) is 9.50. The van der Waals surface area contributed by atoms with E-state index < -0.39 is 10.4 Å². The second-order valence-electron chi connectivity index (χ2n) is 7.16. The topological polar surface area (TPSA) is 86.7 Å². The van der Waals surface area contributed by atoms with Crippen LogP contribution in [0.4, 0.5) is 0 Å². The Hall–Kier alpha value is -0.630. The second kappa shape index (κ2) is 6.51. The van der Waals surface area contributed by atoms with Gasteiger partial charge >= 0.3 is 29.6 Å². The van der Waals surface area contributed by atoms with Gasteiger partial charge in [0.1, 0.15) is 5.75 Å². The quantitative estimate of drug-likeness (QED) is 0.452. The minimum Gasteiger partial charge on any atom is -0.716 e. The molecule has 0 heterocycles. The number of hydrogen-bond donors (Lipinski definition) is 1. The molecule has 7 heteroatoms. The van der Waals surface area contributed by atoms with E-state index in [1.807, 2.05) is 12.1 Å². The third kappa shape index (κ3) is 3.24. The molecular weight excluding hydrogens is 351 g/mol. The number of aliphatic hydroxyl groups excluding tert-OH is 1. The van der Waals surface area contributed by atoms with Gasteiger partial charge in [-0.3, -0.25) is 0 Å². The largest absolute Gasteiger partial charge is 1.00 e. The summed E-state index contributed by atoms with van der Waals surface area (Å²) in [5.41, 5.74) is 2.50. The number of aliphatic hydroxyl groups is 1. The predicted molar refractivity (Wildman–Crippen MR) is 88.7 cm³/mol. The Morgan fingerprint density at radius 2 is 2.00 bits per heavy atom. The summed E-state index contributed by atoms with van der Waals surface area (Å²) in [6.07, 6.45) is 3.41. The van der Waals surface area contributed by atoms with Gasteiger partial charge in [-0.25, -0.2) is 8.42 Å². The summed E-state index contributed by atoms with van der Waals surface area (Å²) in [7, 11) is -4.77. The fourth-order valence-corrected chi connectivity index (χ4v) is 4.97. The molecule has 0 radical (unpaired) electrons. The first kappa shape index (κ1) is 19.1. The van der Waals surface area contributed by atoms with Crippen LogP contribution in [0.25, 0.3) is 10.8 Å². The Kier molecular flexibility index (Phi) is 4.99. The predicted octanol–water partition coefficient (Wildman–Crippen LogP) is -0.126. The van der Waals surface area contributed by atoms with Gasteiger partial charge in [-0.1, -0.05) is 25.1 Å². The van der Waals surface area contributed by atoms with Crippen LogP contribution in [0, 0.1) is 5.41 Å². The van der Waals surface area contributed by atoms with E-state index in [4.69, 9.17) is 0 Å². The summed E-state index contributed by atoms with van der Waals surface area (Å²) in [4.78, 5) is 0. The van der Waals surface area contributed by atoms with Gasteiger partial charge in [-0.15, -0.1) is 0 Å². The monoisotopic (exact) mass is 370 g/mol. The van der Waals surface area contributed by atoms with Crippen molar-refractivity contribution in [1.29, 1.82) is 0 Å². The molecule has 3 atom stereocenters. The SMILES string of the molecule is C[C@]12CCc3c(ccc4cc(OS(=O)(=O)[O-])ccc34)C1CC[C@@H]2O.[Na+]. The molecule has 5 nitrogen and oxygen atoms in total. The summed E-state index contributed by atoms with van der Waals surface area (Å²) < 4.78 is 36.7. The molecule has 1 fully saturated rings. The summed E-state index contributed by atoms with van der Waals surface area (Å²) in [5.74, 6) is 0.396. The molecule has 2 aromatic rings. The zero-order valence-electron chi connectivity index (χ0n) is 14.4. The number of benzene rings is 2. The molecule has 1 N–H and O–H groups in total. The maximum atomic E-state index is 10.8. The van der Waals surface area contributed by atoms with Gasteiger partial charge in [0.2, 0.25) is 0 Å². The van der Waals surface area contributed by atoms with Crippen molar-refractivity contribution >= 4 is 21.2 Å². The van der Waals surface area contributed by atoms with E-state index >= 15 is 0 Å². The third-order valence-corrected chi connectivity index (χ3v) is 6.31. The van der Waals surface area contributed by atoms with E-state index in [1.165, 1.54) is 17.2 Å². The molecule has 4 rings (SSSR count). The molecule has 0 saturated heterocycles. The molecule has 0 spiro atoms. The van der Waals surface area contributed by atoms with Crippen LogP contribution in [0.5, 0.6) is 5.75 Å². The van der Waals surface area contributed by atoms with Crippen LogP contribution in [-0.2, 0) is 16.8 Å². The average Bonchev–Trinajstić information content (AvgIpc) is 2.81. The van der Waals surface area contributed by atoms with Crippen LogP contribution in [0.15, 0.2) is 30.3 Å². The molecule has 25 heavy (non-hydrogen) atoms. The van der Waals surface area contributed by atoms with Crippen molar-refractivity contribution in [3.63, 3.8) is 0 Å². The Balaban J connectivity index is 0.00000182. The fraction of sp³-hybridized carbons (Fsp3) is 0.444. The van der Waals surface area contributed by atoms with Gasteiger partial charge in [0, 0.05) is 5.41 Å². The normalized spacial score (nSPS) is 28.1. The van der Waals surface area contributed by atoms with Crippen LogP contribution in [0.1, 0.15) is 43.2 Å². The Morgan fingerprint density at radius 1 is 1.24 bits per heavy atom. The van der Waals surface area contributed by atoms with Gasteiger partial charge in [-0.05, 0) is 65.6 Å². The maximum Gasteiger partial charge on any atom is 1.00 e. The smallest absolute Gasteiger partial charge is 0.716 e. The van der Waals surface area contributed by atoms with Gasteiger partial charge in [0.05, 0.1) is 6.10 Å². The van der Waals surface area contributed by atoms with E-state index in [9.17, 15) is 18.1 Å². The summed E-state index contributed by atoms with van der Waals surface area (Å²) in [6, 6.07) is 8.95. The molecule has 0 bridgehead atoms. The van der Waals surface area contributed by atoms with Gasteiger partial charge in [0.15, 0.2) is 0 Å². The molecule has 1 saturated carbocycles. The van der Waals surface area contributed by atoms with Crippen LogP contribution in [0.2, 0.25) is 0 Å². The number of hydrogen-bond acceptors (Lipinski definition) is 5. The molecule has 2 aromatic carbocycles. The van der Waals surface area contributed by atoms with Crippen molar-refractivity contribution in [3.8, 4) is 5.75 Å². The molecule has 128 valence electrons. The Morgan fingerprint density at radius 3 is 2.72 bits per heavy atom. The molecular formula is C18H19NaO5S. The molecule has 0 aliphatic heterocycles. The van der Waals surface area contributed by atoms with Gasteiger partial charge < -0.3 is 13.8 Å². The van der Waals surface area contributed by atoms with E-state index in [2.05, 4.69) is 17.2 Å². The van der Waals surface area contributed by atoms with Crippen LogP contribution in [0.3, 0.4) is 0 Å². The zero-order valence-corrected chi connectivity index (χ0v) is 17.2. The number of fused-ring (bicyclic) bond motifs is 5. The van der Waals surface area contributed by atoms with E-state index in [1.54, 1.807) is 6.07 Å². The minimum atomic E-state index is -4.77. The fourth-order valence-electron chi connectivity index (χ4n) is 4.63. The Labute approximate surface area is 169 Å². The number of rotatable bonds is 2. The van der Waals surface area contributed by atoms with Crippen molar-refractivity contribution in [2.24, 2.45) is 5.41 Å². The van der Waals surface area contributed by atoms with Crippen molar-refractivity contribution in [1.82, 2.24) is 0 Å². The van der Waals surface area contributed by atoms with Crippen molar-refractivity contribution < 1.29 is 51.8 Å². The van der Waals surface area contributed by atoms with Crippen molar-refractivity contribution in [3.05, 3.63) is 41.5 Å². The number of aryl methyl sites for hydroxylation is 1. The Bertz CT molecular complexity index is 926. The van der Waals surface area contributed by atoms with Crippen LogP contribution in [-0.4, -0.2) is 24.2 Å². The summed E-state index contributed by atoms with van der Waals surface area (Å²) >= 11 is 0. The van der Waals surface area contributed by atoms with Crippen LogP contribution >= 0.6 is 0 Å². The average molecular weight is 370 g/mol. The summed E-state index contributed by atoms with van der Waals surface area (Å²) in [5, 5.41) is 12.3. The van der Waals surface area contributed by atoms with E-state index in [0.717, 1.165) is 36.5 Å². The molecule has 0 amide bonds. The first-order chi connectivity index (χ1) is 11.3. The minimum absolute atomic E-state index is 0. The third-order valence-electron chi connectivity index (χ3n) is 5.91. The van der Waals surface area contributed by atoms with E-state index in [0.29, 0.717) is 5.92 Å². The summed E-state index contributed by atoms with van der Waals surface area (Å²) in [6.45, 7) is 2.18. The van der Waals surface area contributed by atoms with Gasteiger partial charge in [-0.2, -0.15) is 0 Å². The molecule has 1 unspecified atom stereocenters. The zero-order chi connectivity index (χ0) is 17.1. The maximum absolute atomic E-state index is 10.8. The molecule has 0 aromatic heterocycles. The van der Waals surface area contributed by atoms with Gasteiger partial charge in [0.25, 0.3) is 10.4 Å². The molecule has 2 aliphatic rings. The standard InChI is InChI=1S/C18H20O5S.Na/c1-18-9-8-14-13-5-3-12(23-24(20,21)22)10-11(13)2-4-15(14)16(18)6-7-17(18)19;/h2-5,10,16-17,19H,6-9H2,1H3,(H,20,21,22);/q;+1/p-1/t16?,17-,18-;/m0./s1.